The van der Waals surface area contributed by atoms with Crippen molar-refractivity contribution in [2.24, 2.45) is 0 Å². The second-order valence-electron chi connectivity index (χ2n) is 8.60. The third-order valence-electron chi connectivity index (χ3n) is 6.01. The van der Waals surface area contributed by atoms with Crippen LogP contribution in [0.5, 0.6) is 11.5 Å². The van der Waals surface area contributed by atoms with Crippen molar-refractivity contribution in [2.45, 2.75) is 43.5 Å². The van der Waals surface area contributed by atoms with Crippen LogP contribution in [0.2, 0.25) is 0 Å². The summed E-state index contributed by atoms with van der Waals surface area (Å²) in [5.41, 5.74) is 1.14. The topological polar surface area (TPSA) is 134 Å². The van der Waals surface area contributed by atoms with E-state index in [1.165, 1.54) is 4.31 Å². The first-order valence-corrected chi connectivity index (χ1v) is 13.6. The third-order valence-corrected chi connectivity index (χ3v) is 7.88. The maximum absolute atomic E-state index is 12.7. The summed E-state index contributed by atoms with van der Waals surface area (Å²) in [6.45, 7) is 5.28. The smallest absolute Gasteiger partial charge is 0.414 e. The molecule has 3 rings (SSSR count). The summed E-state index contributed by atoms with van der Waals surface area (Å²) < 4.78 is 38.4. The summed E-state index contributed by atoms with van der Waals surface area (Å²) >= 11 is 0. The summed E-state index contributed by atoms with van der Waals surface area (Å²) in [6.07, 6.45) is 3.72. The lowest BCUT2D eigenvalue weighted by molar-refractivity contribution is -0.159. The lowest BCUT2D eigenvalue weighted by Crippen LogP contribution is -2.44. The minimum atomic E-state index is -3.43. The zero-order chi connectivity index (χ0) is 27.4. The molecule has 0 amide bonds. The van der Waals surface area contributed by atoms with Gasteiger partial charge in [0.1, 0.15) is 18.1 Å². The van der Waals surface area contributed by atoms with E-state index in [0.29, 0.717) is 24.1 Å². The van der Waals surface area contributed by atoms with Crippen LogP contribution in [0, 0.1) is 0 Å². The van der Waals surface area contributed by atoms with Crippen molar-refractivity contribution in [3.8, 4) is 11.5 Å². The van der Waals surface area contributed by atoms with Gasteiger partial charge in [-0.05, 0) is 63.0 Å². The number of sulfonamides is 1. The molecule has 11 heteroatoms. The van der Waals surface area contributed by atoms with Gasteiger partial charge < -0.3 is 19.7 Å². The van der Waals surface area contributed by atoms with E-state index in [-0.39, 0.29) is 0 Å². The quantitative estimate of drug-likeness (QED) is 0.328. The van der Waals surface area contributed by atoms with Gasteiger partial charge in [-0.2, -0.15) is 0 Å². The highest BCUT2D eigenvalue weighted by molar-refractivity contribution is 7.89. The Hall–Kier alpha value is -3.15. The van der Waals surface area contributed by atoms with Gasteiger partial charge in [-0.1, -0.05) is 31.2 Å². The Labute approximate surface area is 218 Å². The molecule has 1 atom stereocenters. The number of fused-ring (bicyclic) bond motifs is 1. The van der Waals surface area contributed by atoms with E-state index in [0.717, 1.165) is 55.8 Å². The van der Waals surface area contributed by atoms with Gasteiger partial charge in [0, 0.05) is 25.2 Å². The van der Waals surface area contributed by atoms with Crippen LogP contribution in [0.25, 0.3) is 0 Å². The summed E-state index contributed by atoms with van der Waals surface area (Å²) in [7, 11) is -0.0712. The molecule has 1 heterocycles. The van der Waals surface area contributed by atoms with Gasteiger partial charge in [0.2, 0.25) is 10.0 Å². The first-order valence-electron chi connectivity index (χ1n) is 12.1. The van der Waals surface area contributed by atoms with Gasteiger partial charge in [0.05, 0.1) is 12.0 Å². The van der Waals surface area contributed by atoms with Crippen LogP contribution in [-0.2, 0) is 26.0 Å². The van der Waals surface area contributed by atoms with Crippen molar-refractivity contribution >= 4 is 22.0 Å². The number of aliphatic carboxylic acids is 2. The summed E-state index contributed by atoms with van der Waals surface area (Å²) in [5.74, 6) is -1.85. The molecule has 0 aromatic heterocycles. The van der Waals surface area contributed by atoms with Crippen molar-refractivity contribution in [1.82, 2.24) is 9.21 Å². The Balaban J connectivity index is 0.000000717. The molecular formula is C26H36N2O8S. The van der Waals surface area contributed by atoms with Gasteiger partial charge in [0.15, 0.2) is 0 Å². The normalized spacial score (nSPS) is 14.8. The monoisotopic (exact) mass is 536 g/mol. The van der Waals surface area contributed by atoms with Gasteiger partial charge in [0.25, 0.3) is 0 Å². The Kier molecular flexibility index (Phi) is 11.8. The first-order chi connectivity index (χ1) is 17.6. The zero-order valence-electron chi connectivity index (χ0n) is 21.5. The number of methoxy groups -OCH3 is 1. The van der Waals surface area contributed by atoms with Crippen LogP contribution >= 0.6 is 0 Å². The van der Waals surface area contributed by atoms with E-state index in [9.17, 15) is 8.42 Å². The predicted molar refractivity (Wildman–Crippen MR) is 139 cm³/mol. The number of rotatable bonds is 11. The summed E-state index contributed by atoms with van der Waals surface area (Å²) in [5, 5.41) is 14.8. The Morgan fingerprint density at radius 3 is 2.24 bits per heavy atom. The zero-order valence-corrected chi connectivity index (χ0v) is 22.3. The lowest BCUT2D eigenvalue weighted by Gasteiger charge is -2.35. The van der Waals surface area contributed by atoms with Crippen LogP contribution in [0.4, 0.5) is 0 Å². The molecule has 0 radical (unpaired) electrons. The van der Waals surface area contributed by atoms with Crippen molar-refractivity contribution < 1.29 is 37.7 Å². The number of nitrogens with zero attached hydrogens (tertiary/aromatic N) is 2. The van der Waals surface area contributed by atoms with Crippen molar-refractivity contribution in [3.63, 3.8) is 0 Å². The minimum Gasteiger partial charge on any atom is -0.496 e. The van der Waals surface area contributed by atoms with Crippen LogP contribution in [0.15, 0.2) is 53.4 Å². The number of hydrogen-bond donors (Lipinski definition) is 2. The minimum absolute atomic E-state index is 0.300. The number of carboxylic acids is 2. The van der Waals surface area contributed by atoms with E-state index in [1.54, 1.807) is 38.4 Å². The highest BCUT2D eigenvalue weighted by atomic mass is 32.2. The average Bonchev–Trinajstić information content (AvgIpc) is 2.90. The molecule has 0 fully saturated rings. The van der Waals surface area contributed by atoms with E-state index in [1.807, 2.05) is 24.3 Å². The molecule has 2 aromatic rings. The van der Waals surface area contributed by atoms with Crippen LogP contribution in [0.3, 0.4) is 0 Å². The highest BCUT2D eigenvalue weighted by Crippen LogP contribution is 2.34. The van der Waals surface area contributed by atoms with Crippen LogP contribution in [0.1, 0.15) is 31.7 Å². The largest absolute Gasteiger partial charge is 0.496 e. The van der Waals surface area contributed by atoms with E-state index >= 15 is 0 Å². The molecule has 10 nitrogen and oxygen atoms in total. The number of unbranched alkanes of at least 4 members (excludes halogenated alkanes) is 1. The molecule has 204 valence electrons. The molecule has 2 N–H and O–H groups in total. The molecule has 1 unspecified atom stereocenters. The van der Waals surface area contributed by atoms with Gasteiger partial charge in [-0.15, -0.1) is 0 Å². The number of carboxylic acid groups (broad SMARTS) is 2. The van der Waals surface area contributed by atoms with Crippen molar-refractivity contribution in [1.29, 1.82) is 0 Å². The molecule has 0 aliphatic carbocycles. The van der Waals surface area contributed by atoms with E-state index < -0.39 is 22.0 Å². The first kappa shape index (κ1) is 30.1. The number of carbonyl (C=O) groups is 2. The average molecular weight is 537 g/mol. The van der Waals surface area contributed by atoms with Crippen molar-refractivity contribution in [3.05, 3.63) is 54.1 Å². The van der Waals surface area contributed by atoms with E-state index in [4.69, 9.17) is 29.3 Å². The predicted octanol–water partition coefficient (Wildman–Crippen LogP) is 2.97. The molecular weight excluding hydrogens is 500 g/mol. The van der Waals surface area contributed by atoms with Gasteiger partial charge in [-0.3, -0.25) is 4.90 Å². The lowest BCUT2D eigenvalue weighted by atomic mass is 10.00. The second-order valence-corrected chi connectivity index (χ2v) is 10.6. The molecule has 0 bridgehead atoms. The fourth-order valence-electron chi connectivity index (χ4n) is 4.09. The van der Waals surface area contributed by atoms with Gasteiger partial charge in [-0.25, -0.2) is 22.3 Å². The second kappa shape index (κ2) is 14.6. The van der Waals surface area contributed by atoms with Crippen LogP contribution < -0.4 is 9.47 Å². The summed E-state index contributed by atoms with van der Waals surface area (Å²) in [6, 6.07) is 14.9. The van der Waals surface area contributed by atoms with Crippen molar-refractivity contribution in [2.75, 3.05) is 40.4 Å². The highest BCUT2D eigenvalue weighted by Gasteiger charge is 2.27. The fraction of sp³-hybridized carbons (Fsp3) is 0.462. The maximum Gasteiger partial charge on any atom is 0.414 e. The Morgan fingerprint density at radius 1 is 1.00 bits per heavy atom. The number of benzene rings is 2. The third kappa shape index (κ3) is 8.73. The molecule has 1 aliphatic rings. The molecule has 0 saturated heterocycles. The van der Waals surface area contributed by atoms with Gasteiger partial charge >= 0.3 is 11.9 Å². The number of hydrogen-bond acceptors (Lipinski definition) is 7. The molecule has 1 aliphatic heterocycles. The SMILES string of the molecule is CCCN(CCCCN(C)S(=O)(=O)c1ccccc1)C1COc2cccc(OC)c2C1.O=C(O)C(=O)O. The fourth-order valence-corrected chi connectivity index (χ4v) is 5.32. The number of ether oxygens (including phenoxy) is 2. The Morgan fingerprint density at radius 2 is 1.65 bits per heavy atom. The standard InChI is InChI=1S/C24H34N2O4S.C2H2O4/c1-4-15-26(20-18-22-23(29-3)13-10-14-24(22)30-19-20)17-9-8-16-25(2)31(27,28)21-11-6-5-7-12-21;3-1(4)2(5)6/h5-7,10-14,20H,4,8-9,15-19H2,1-3H3;(H,3,4)(H,5,6). The maximum atomic E-state index is 12.7. The summed E-state index contributed by atoms with van der Waals surface area (Å²) in [4.78, 5) is 21.0. The molecule has 2 aromatic carbocycles. The Bertz CT molecular complexity index is 1100. The molecule has 0 spiro atoms. The molecule has 37 heavy (non-hydrogen) atoms. The molecule has 0 saturated carbocycles. The van der Waals surface area contributed by atoms with E-state index in [2.05, 4.69) is 11.8 Å². The van der Waals surface area contributed by atoms with Crippen LogP contribution in [-0.4, -0.2) is 86.2 Å².